The molecule has 2 heterocycles. The number of rotatable bonds is 11. The maximum absolute atomic E-state index is 11.6. The van der Waals surface area contributed by atoms with Crippen molar-refractivity contribution in [1.29, 1.82) is 0 Å². The average molecular weight is 803 g/mol. The Morgan fingerprint density at radius 3 is 1.92 bits per heavy atom. The second kappa shape index (κ2) is 17.2. The third kappa shape index (κ3) is 9.96. The molecular weight excluding hydrogens is 766 g/mol. The molecular formula is C32H36Cl4N8O4S2. The van der Waals surface area contributed by atoms with Gasteiger partial charge in [0.2, 0.25) is 10.9 Å². The molecule has 2 aromatic carbocycles. The Labute approximate surface area is 318 Å². The molecule has 6 rings (SSSR count). The van der Waals surface area contributed by atoms with Crippen molar-refractivity contribution >= 4 is 81.7 Å². The van der Waals surface area contributed by atoms with Gasteiger partial charge in [0, 0.05) is 48.7 Å². The van der Waals surface area contributed by atoms with Gasteiger partial charge >= 0.3 is 0 Å². The number of aromatic amines is 1. The van der Waals surface area contributed by atoms with E-state index in [2.05, 4.69) is 30.5 Å². The van der Waals surface area contributed by atoms with Crippen LogP contribution < -0.4 is 5.32 Å². The number of hydrogen-bond acceptors (Lipinski definition) is 10. The molecule has 2 atom stereocenters. The molecule has 18 heteroatoms. The molecule has 2 fully saturated rings. The average Bonchev–Trinajstić information content (AvgIpc) is 3.96. The van der Waals surface area contributed by atoms with Crippen molar-refractivity contribution in [3.8, 4) is 0 Å². The van der Waals surface area contributed by atoms with Crippen molar-refractivity contribution in [2.24, 2.45) is 4.99 Å². The molecule has 0 aliphatic heterocycles. The number of carbonyl (C=O) groups is 1. The largest absolute Gasteiger partial charge is 0.386 e. The van der Waals surface area contributed by atoms with Crippen molar-refractivity contribution in [1.82, 2.24) is 34.8 Å². The number of benzene rings is 2. The highest BCUT2D eigenvalue weighted by molar-refractivity contribution is 8.13. The first-order valence-corrected chi connectivity index (χ1v) is 18.1. The molecule has 2 saturated carbocycles. The molecule has 4 N–H and O–H groups in total. The van der Waals surface area contributed by atoms with E-state index in [9.17, 15) is 15.0 Å². The number of isocyanates is 1. The number of thioether (sulfide) groups is 1. The molecule has 268 valence electrons. The molecule has 12 nitrogen and oxygen atoms in total. The zero-order valence-corrected chi connectivity index (χ0v) is 31.8. The van der Waals surface area contributed by atoms with Crippen molar-refractivity contribution < 1.29 is 19.8 Å². The van der Waals surface area contributed by atoms with Crippen LogP contribution in [-0.4, -0.2) is 86.1 Å². The van der Waals surface area contributed by atoms with Crippen LogP contribution in [0, 0.1) is 4.77 Å². The molecule has 2 aliphatic rings. The number of nitrogens with zero attached hydrogens (tertiary/aromatic N) is 6. The van der Waals surface area contributed by atoms with Gasteiger partial charge in [0.1, 0.15) is 23.9 Å². The monoisotopic (exact) mass is 800 g/mol. The summed E-state index contributed by atoms with van der Waals surface area (Å²) in [6.07, 6.45) is 7.80. The van der Waals surface area contributed by atoms with Crippen molar-refractivity contribution in [2.45, 2.75) is 77.7 Å². The van der Waals surface area contributed by atoms with Gasteiger partial charge in [0.05, 0.1) is 22.8 Å². The van der Waals surface area contributed by atoms with Gasteiger partial charge in [-0.2, -0.15) is 5.10 Å². The van der Waals surface area contributed by atoms with E-state index < -0.39 is 21.0 Å². The number of amides is 1. The minimum absolute atomic E-state index is 0.126. The zero-order chi connectivity index (χ0) is 36.6. The van der Waals surface area contributed by atoms with Crippen molar-refractivity contribution in [3.63, 3.8) is 0 Å². The predicted octanol–water partition coefficient (Wildman–Crippen LogP) is 6.40. The smallest absolute Gasteiger partial charge is 0.286 e. The molecule has 2 unspecified atom stereocenters. The van der Waals surface area contributed by atoms with Crippen LogP contribution >= 0.6 is 70.4 Å². The van der Waals surface area contributed by atoms with Gasteiger partial charge < -0.3 is 15.5 Å². The number of aromatic nitrogens is 6. The van der Waals surface area contributed by atoms with Gasteiger partial charge in [-0.1, -0.05) is 59.6 Å². The van der Waals surface area contributed by atoms with Gasteiger partial charge in [-0.05, 0) is 61.2 Å². The van der Waals surface area contributed by atoms with Crippen LogP contribution in [-0.2, 0) is 30.7 Å². The Morgan fingerprint density at radius 1 is 1.00 bits per heavy atom. The van der Waals surface area contributed by atoms with Crippen LogP contribution in [0.25, 0.3) is 0 Å². The molecule has 50 heavy (non-hydrogen) atoms. The fourth-order valence-corrected chi connectivity index (χ4v) is 6.85. The predicted molar refractivity (Wildman–Crippen MR) is 198 cm³/mol. The highest BCUT2D eigenvalue weighted by Crippen LogP contribution is 2.54. The minimum atomic E-state index is -1.26. The second-order valence-electron chi connectivity index (χ2n) is 11.9. The lowest BCUT2D eigenvalue weighted by Crippen LogP contribution is -2.47. The van der Waals surface area contributed by atoms with Crippen LogP contribution in [0.3, 0.4) is 0 Å². The number of hydrogen-bond donors (Lipinski definition) is 4. The lowest BCUT2D eigenvalue weighted by Gasteiger charge is -2.33. The molecule has 1 amide bonds. The molecule has 0 radical (unpaired) electrons. The van der Waals surface area contributed by atoms with E-state index in [0.29, 0.717) is 45.7 Å². The normalized spacial score (nSPS) is 17.3. The number of carbonyl (C=O) groups excluding carboxylic acids is 2. The van der Waals surface area contributed by atoms with Gasteiger partial charge in [0.25, 0.3) is 5.24 Å². The van der Waals surface area contributed by atoms with Gasteiger partial charge in [0.15, 0.2) is 5.16 Å². The second-order valence-corrected chi connectivity index (χ2v) is 15.5. The summed E-state index contributed by atoms with van der Waals surface area (Å²) in [5.41, 5.74) is -0.700. The Hall–Kier alpha value is -2.78. The Morgan fingerprint density at radius 2 is 1.50 bits per heavy atom. The van der Waals surface area contributed by atoms with E-state index in [0.717, 1.165) is 35.7 Å². The Kier molecular flexibility index (Phi) is 13.7. The van der Waals surface area contributed by atoms with E-state index in [1.165, 1.54) is 30.5 Å². The number of nitrogens with one attached hydrogen (secondary N) is 2. The number of aliphatic imine (C=N–C) groups is 1. The number of alkyl halides is 2. The number of aliphatic hydroxyl groups is 2. The van der Waals surface area contributed by atoms with Crippen LogP contribution in [0.5, 0.6) is 0 Å². The van der Waals surface area contributed by atoms with E-state index in [-0.39, 0.29) is 18.3 Å². The van der Waals surface area contributed by atoms with Crippen molar-refractivity contribution in [2.75, 3.05) is 14.1 Å². The van der Waals surface area contributed by atoms with E-state index in [1.807, 2.05) is 42.5 Å². The summed E-state index contributed by atoms with van der Waals surface area (Å²) in [6, 6.07) is 14.9. The summed E-state index contributed by atoms with van der Waals surface area (Å²) in [5.74, 6) is 0. The summed E-state index contributed by atoms with van der Waals surface area (Å²) < 4.78 is 3.54. The fourth-order valence-electron chi connectivity index (χ4n) is 5.25. The van der Waals surface area contributed by atoms with Crippen LogP contribution in [0.1, 0.15) is 36.8 Å². The van der Waals surface area contributed by atoms with E-state index in [4.69, 9.17) is 63.4 Å². The zero-order valence-electron chi connectivity index (χ0n) is 27.2. The lowest BCUT2D eigenvalue weighted by atomic mass is 9.89. The van der Waals surface area contributed by atoms with Gasteiger partial charge in [-0.15, -0.1) is 23.2 Å². The molecule has 2 aromatic heterocycles. The maximum Gasteiger partial charge on any atom is 0.286 e. The summed E-state index contributed by atoms with van der Waals surface area (Å²) in [7, 11) is 2.93. The third-order valence-electron chi connectivity index (χ3n) is 8.44. The first-order chi connectivity index (χ1) is 23.7. The van der Waals surface area contributed by atoms with Crippen molar-refractivity contribution in [3.05, 3.63) is 87.1 Å². The van der Waals surface area contributed by atoms with Gasteiger partial charge in [-0.25, -0.2) is 24.4 Å². The van der Waals surface area contributed by atoms with E-state index in [1.54, 1.807) is 17.8 Å². The SMILES string of the molecule is CN=C=O.CNC(=O)Sc1ncnn1CC(O)(Cc1ccccc1Cl)C1(Cl)CC1.OC(Cc1ccccc1Cl)(Cn1[nH]cnc1=S)C1(Cl)CC1. The first kappa shape index (κ1) is 40.0. The summed E-state index contributed by atoms with van der Waals surface area (Å²) >= 11 is 31.7. The number of halogens is 4. The topological polar surface area (TPSA) is 163 Å². The van der Waals surface area contributed by atoms with E-state index >= 15 is 0 Å². The third-order valence-corrected chi connectivity index (χ3v) is 11.8. The molecule has 0 spiro atoms. The van der Waals surface area contributed by atoms with Crippen LogP contribution in [0.15, 0.2) is 71.3 Å². The molecule has 0 saturated heterocycles. The van der Waals surface area contributed by atoms with Crippen LogP contribution in [0.2, 0.25) is 10.0 Å². The lowest BCUT2D eigenvalue weighted by molar-refractivity contribution is 0.00520. The highest BCUT2D eigenvalue weighted by Gasteiger charge is 2.59. The standard InChI is InChI=1S/C16H18Cl2N4O2S.C14H15Cl2N3OS.C2H3NO/c1-19-14(23)25-13-20-10-21-22(13)9-16(24,15(18)6-7-15)8-11-4-2-3-5-12(11)17;15-11-4-2-1-3-10(11)7-14(20,13(16)5-6-13)8-19-12(21)17-9-18-19;1-3-2-4/h2-5,10,24H,6-9H2,1H3,(H,19,23);1-4,9,20H,5-8H2,(H,17,18,21);1H3. The minimum Gasteiger partial charge on any atom is -0.386 e. The van der Waals surface area contributed by atoms with Crippen LogP contribution in [0.4, 0.5) is 4.79 Å². The fraction of sp³-hybridized carbons (Fsp3) is 0.438. The summed E-state index contributed by atoms with van der Waals surface area (Å²) in [4.78, 5) is 30.1. The summed E-state index contributed by atoms with van der Waals surface area (Å²) in [5, 5.41) is 33.5. The first-order valence-electron chi connectivity index (χ1n) is 15.3. The highest BCUT2D eigenvalue weighted by atomic mass is 35.5. The quantitative estimate of drug-likeness (QED) is 0.0442. The number of H-pyrrole nitrogens is 1. The Bertz CT molecular complexity index is 1880. The Balaban J connectivity index is 0.000000205. The molecule has 4 aromatic rings. The molecule has 0 bridgehead atoms. The summed E-state index contributed by atoms with van der Waals surface area (Å²) in [6.45, 7) is 0.390. The van der Waals surface area contributed by atoms with Gasteiger partial charge in [-0.3, -0.25) is 14.6 Å². The molecule has 2 aliphatic carbocycles. The maximum atomic E-state index is 11.6.